The molecule has 0 aliphatic rings. The van der Waals surface area contributed by atoms with E-state index in [-0.39, 0.29) is 10.8 Å². The van der Waals surface area contributed by atoms with Crippen LogP contribution in [-0.4, -0.2) is 36.7 Å². The molecule has 1 heterocycles. The van der Waals surface area contributed by atoms with E-state index in [1.165, 1.54) is 27.8 Å². The van der Waals surface area contributed by atoms with Gasteiger partial charge in [-0.05, 0) is 73.7 Å². The van der Waals surface area contributed by atoms with Gasteiger partial charge in [-0.15, -0.1) is 0 Å². The third-order valence-electron chi connectivity index (χ3n) is 6.42. The molecule has 1 aromatic heterocycles. The Bertz CT molecular complexity index is 1470. The van der Waals surface area contributed by atoms with Crippen LogP contribution in [0.15, 0.2) is 71.6 Å². The lowest BCUT2D eigenvalue weighted by molar-refractivity contribution is 0.0985. The standard InChI is InChI=1S/C29H33N3O3S2/c1-5-18-31(19-6-2)37(34,35)25-15-13-24(14-16-25)28(33)32(20-23-10-8-7-9-11-23)29-30-27-22(4)21(3)12-17-26(27)36-29/h7-17H,5-6,18-20H2,1-4H3. The van der Waals surface area contributed by atoms with Crippen molar-refractivity contribution in [1.82, 2.24) is 9.29 Å². The number of rotatable bonds is 10. The van der Waals surface area contributed by atoms with Gasteiger partial charge in [0.1, 0.15) is 0 Å². The number of hydrogen-bond acceptors (Lipinski definition) is 5. The van der Waals surface area contributed by atoms with Gasteiger partial charge < -0.3 is 0 Å². The molecular weight excluding hydrogens is 502 g/mol. The van der Waals surface area contributed by atoms with Crippen LogP contribution >= 0.6 is 11.3 Å². The zero-order valence-corrected chi connectivity index (χ0v) is 23.4. The van der Waals surface area contributed by atoms with Crippen LogP contribution in [0.1, 0.15) is 53.7 Å². The van der Waals surface area contributed by atoms with E-state index in [0.29, 0.717) is 30.3 Å². The summed E-state index contributed by atoms with van der Waals surface area (Å²) in [5.74, 6) is -0.222. The molecule has 0 fully saturated rings. The fraction of sp³-hybridized carbons (Fsp3) is 0.310. The number of benzene rings is 3. The van der Waals surface area contributed by atoms with Gasteiger partial charge in [-0.1, -0.05) is 61.6 Å². The van der Waals surface area contributed by atoms with Crippen molar-refractivity contribution in [2.45, 2.75) is 52.0 Å². The van der Waals surface area contributed by atoms with E-state index >= 15 is 0 Å². The minimum absolute atomic E-state index is 0.201. The minimum atomic E-state index is -3.62. The van der Waals surface area contributed by atoms with Crippen LogP contribution in [0.4, 0.5) is 5.13 Å². The van der Waals surface area contributed by atoms with Crippen molar-refractivity contribution in [3.63, 3.8) is 0 Å². The molecule has 37 heavy (non-hydrogen) atoms. The number of hydrogen-bond donors (Lipinski definition) is 0. The smallest absolute Gasteiger partial charge is 0.260 e. The lowest BCUT2D eigenvalue weighted by atomic mass is 10.1. The van der Waals surface area contributed by atoms with Gasteiger partial charge in [0.2, 0.25) is 10.0 Å². The maximum Gasteiger partial charge on any atom is 0.260 e. The van der Waals surface area contributed by atoms with Crippen molar-refractivity contribution < 1.29 is 13.2 Å². The number of nitrogens with zero attached hydrogens (tertiary/aromatic N) is 3. The second-order valence-corrected chi connectivity index (χ2v) is 12.1. The van der Waals surface area contributed by atoms with Gasteiger partial charge in [-0.25, -0.2) is 13.4 Å². The molecule has 0 unspecified atom stereocenters. The molecule has 8 heteroatoms. The Kier molecular flexibility index (Phi) is 8.42. The summed E-state index contributed by atoms with van der Waals surface area (Å²) in [5.41, 5.74) is 4.56. The highest BCUT2D eigenvalue weighted by Crippen LogP contribution is 2.33. The van der Waals surface area contributed by atoms with Crippen LogP contribution in [0.2, 0.25) is 0 Å². The first-order chi connectivity index (χ1) is 17.8. The minimum Gasteiger partial charge on any atom is -0.279 e. The van der Waals surface area contributed by atoms with Crippen molar-refractivity contribution in [3.8, 4) is 0 Å². The fourth-order valence-electron chi connectivity index (χ4n) is 4.25. The van der Waals surface area contributed by atoms with Gasteiger partial charge >= 0.3 is 0 Å². The summed E-state index contributed by atoms with van der Waals surface area (Å²) in [6, 6.07) is 20.2. The number of aryl methyl sites for hydroxylation is 2. The van der Waals surface area contributed by atoms with Crippen LogP contribution in [-0.2, 0) is 16.6 Å². The van der Waals surface area contributed by atoms with E-state index in [9.17, 15) is 13.2 Å². The Labute approximate surface area is 223 Å². The number of anilines is 1. The molecule has 0 saturated heterocycles. The predicted octanol–water partition coefficient (Wildman–Crippen LogP) is 6.57. The van der Waals surface area contributed by atoms with Crippen molar-refractivity contribution in [2.24, 2.45) is 0 Å². The Hall–Kier alpha value is -3.07. The molecule has 6 nitrogen and oxygen atoms in total. The molecule has 0 spiro atoms. The third-order valence-corrected chi connectivity index (χ3v) is 9.37. The molecule has 0 radical (unpaired) electrons. The van der Waals surface area contributed by atoms with E-state index in [2.05, 4.69) is 13.0 Å². The summed E-state index contributed by atoms with van der Waals surface area (Å²) in [7, 11) is -3.62. The molecule has 1 amide bonds. The third kappa shape index (κ3) is 5.76. The topological polar surface area (TPSA) is 70.6 Å². The van der Waals surface area contributed by atoms with E-state index in [0.717, 1.165) is 39.7 Å². The van der Waals surface area contributed by atoms with Crippen molar-refractivity contribution in [2.75, 3.05) is 18.0 Å². The zero-order valence-electron chi connectivity index (χ0n) is 21.8. The number of aromatic nitrogens is 1. The Morgan fingerprint density at radius 3 is 2.16 bits per heavy atom. The average Bonchev–Trinajstić information content (AvgIpc) is 3.34. The monoisotopic (exact) mass is 535 g/mol. The van der Waals surface area contributed by atoms with Gasteiger partial charge in [-0.2, -0.15) is 4.31 Å². The molecule has 3 aromatic carbocycles. The Morgan fingerprint density at radius 1 is 0.892 bits per heavy atom. The summed E-state index contributed by atoms with van der Waals surface area (Å²) in [5, 5.41) is 0.617. The van der Waals surface area contributed by atoms with E-state index in [4.69, 9.17) is 4.98 Å². The number of carbonyl (C=O) groups excluding carboxylic acids is 1. The fourth-order valence-corrected chi connectivity index (χ4v) is 6.89. The van der Waals surface area contributed by atoms with Crippen LogP contribution in [0.25, 0.3) is 10.2 Å². The summed E-state index contributed by atoms with van der Waals surface area (Å²) < 4.78 is 28.9. The summed E-state index contributed by atoms with van der Waals surface area (Å²) in [6.07, 6.45) is 1.48. The molecule has 0 atom stereocenters. The second-order valence-electron chi connectivity index (χ2n) is 9.16. The SMILES string of the molecule is CCCN(CCC)S(=O)(=O)c1ccc(C(=O)N(Cc2ccccc2)c2nc3c(C)c(C)ccc3s2)cc1. The van der Waals surface area contributed by atoms with Crippen LogP contribution < -0.4 is 4.90 Å². The first-order valence-corrected chi connectivity index (χ1v) is 14.8. The van der Waals surface area contributed by atoms with Gasteiger partial charge in [0.05, 0.1) is 21.7 Å². The number of sulfonamides is 1. The molecule has 4 rings (SSSR count). The first kappa shape index (κ1) is 27.0. The molecule has 0 N–H and O–H groups in total. The largest absolute Gasteiger partial charge is 0.279 e. The molecule has 0 saturated carbocycles. The second kappa shape index (κ2) is 11.5. The Balaban J connectivity index is 1.70. The number of amides is 1. The van der Waals surface area contributed by atoms with Gasteiger partial charge in [0.25, 0.3) is 5.91 Å². The number of fused-ring (bicyclic) bond motifs is 1. The summed E-state index contributed by atoms with van der Waals surface area (Å²) >= 11 is 1.48. The lowest BCUT2D eigenvalue weighted by Crippen LogP contribution is -2.33. The van der Waals surface area contributed by atoms with Crippen molar-refractivity contribution in [1.29, 1.82) is 0 Å². The van der Waals surface area contributed by atoms with Crippen LogP contribution in [0, 0.1) is 13.8 Å². The quantitative estimate of drug-likeness (QED) is 0.230. The van der Waals surface area contributed by atoms with E-state index < -0.39 is 10.0 Å². The number of carbonyl (C=O) groups is 1. The highest BCUT2D eigenvalue weighted by atomic mass is 32.2. The summed E-state index contributed by atoms with van der Waals surface area (Å²) in [6.45, 7) is 9.33. The van der Waals surface area contributed by atoms with Gasteiger partial charge in [0, 0.05) is 18.7 Å². The predicted molar refractivity (Wildman–Crippen MR) is 152 cm³/mol. The van der Waals surface area contributed by atoms with E-state index in [1.54, 1.807) is 17.0 Å². The van der Waals surface area contributed by atoms with Gasteiger partial charge in [0.15, 0.2) is 5.13 Å². The molecule has 0 bridgehead atoms. The van der Waals surface area contributed by atoms with Gasteiger partial charge in [-0.3, -0.25) is 9.69 Å². The maximum atomic E-state index is 13.8. The van der Waals surface area contributed by atoms with Crippen LogP contribution in [0.5, 0.6) is 0 Å². The Morgan fingerprint density at radius 2 is 1.54 bits per heavy atom. The number of thiazole rings is 1. The normalized spacial score (nSPS) is 11.8. The molecular formula is C29H33N3O3S2. The zero-order chi connectivity index (χ0) is 26.6. The highest BCUT2D eigenvalue weighted by Gasteiger charge is 2.26. The van der Waals surface area contributed by atoms with Crippen molar-refractivity contribution >= 4 is 42.6 Å². The van der Waals surface area contributed by atoms with E-state index in [1.807, 2.05) is 57.2 Å². The molecule has 194 valence electrons. The maximum absolute atomic E-state index is 13.8. The summed E-state index contributed by atoms with van der Waals surface area (Å²) in [4.78, 5) is 20.5. The first-order valence-electron chi connectivity index (χ1n) is 12.6. The van der Waals surface area contributed by atoms with Crippen molar-refractivity contribution in [3.05, 3.63) is 89.0 Å². The lowest BCUT2D eigenvalue weighted by Gasteiger charge is -2.22. The molecule has 4 aromatic rings. The molecule has 0 aliphatic heterocycles. The van der Waals surface area contributed by atoms with Crippen LogP contribution in [0.3, 0.4) is 0 Å². The molecule has 0 aliphatic carbocycles. The highest BCUT2D eigenvalue weighted by molar-refractivity contribution is 7.89. The average molecular weight is 536 g/mol.